The Morgan fingerprint density at radius 2 is 1.72 bits per heavy atom. The zero-order valence-corrected chi connectivity index (χ0v) is 35.9. The number of phenols is 1. The maximum Gasteiger partial charge on any atom is 0.307 e. The lowest BCUT2D eigenvalue weighted by molar-refractivity contribution is -0.162. The summed E-state index contributed by atoms with van der Waals surface area (Å²) in [6.45, 7) is 11.1. The zero-order valence-electron chi connectivity index (χ0n) is 35.1. The molecule has 2 heterocycles. The smallest absolute Gasteiger partial charge is 0.307 e. The molecule has 0 radical (unpaired) electrons. The second kappa shape index (κ2) is 23.2. The Balaban J connectivity index is 1.78. The highest BCUT2D eigenvalue weighted by Crippen LogP contribution is 2.31. The van der Waals surface area contributed by atoms with E-state index in [4.69, 9.17) is 10.5 Å². The molecule has 0 spiro atoms. The molecular weight excluding hydrogens is 765 g/mol. The van der Waals surface area contributed by atoms with Gasteiger partial charge in [0.25, 0.3) is 11.8 Å². The van der Waals surface area contributed by atoms with Crippen molar-refractivity contribution in [2.24, 2.45) is 29.4 Å². The normalized spacial score (nSPS) is 17.6. The second-order valence-electron chi connectivity index (χ2n) is 16.0. The molecule has 0 aliphatic carbocycles. The number of hydrogen-bond acceptors (Lipinski definition) is 12. The first-order chi connectivity index (χ1) is 27.4. The summed E-state index contributed by atoms with van der Waals surface area (Å²) in [5.41, 5.74) is 6.41. The molecule has 1 aromatic heterocycles. The molecule has 0 saturated carbocycles. The van der Waals surface area contributed by atoms with E-state index in [9.17, 15) is 39.0 Å². The molecule has 1 aliphatic heterocycles. The summed E-state index contributed by atoms with van der Waals surface area (Å²) in [4.78, 5) is 86.8. The van der Waals surface area contributed by atoms with E-state index in [1.54, 1.807) is 19.1 Å². The summed E-state index contributed by atoms with van der Waals surface area (Å²) in [5, 5.41) is 28.7. The van der Waals surface area contributed by atoms with E-state index in [-0.39, 0.29) is 59.9 Å². The quantitative estimate of drug-likeness (QED) is 0.0824. The molecule has 7 atom stereocenters. The van der Waals surface area contributed by atoms with Gasteiger partial charge in [0.2, 0.25) is 17.7 Å². The first-order valence-electron chi connectivity index (χ1n) is 20.5. The van der Waals surface area contributed by atoms with Crippen LogP contribution in [0.25, 0.3) is 0 Å². The van der Waals surface area contributed by atoms with Gasteiger partial charge in [-0.2, -0.15) is 0 Å². The molecule has 15 nitrogen and oxygen atoms in total. The van der Waals surface area contributed by atoms with Crippen LogP contribution in [-0.2, 0) is 35.1 Å². The lowest BCUT2D eigenvalue weighted by Gasteiger charge is -2.35. The average Bonchev–Trinajstić information content (AvgIpc) is 3.68. The largest absolute Gasteiger partial charge is 0.508 e. The number of carbonyl (C=O) groups excluding carboxylic acids is 6. The Bertz CT molecular complexity index is 1680. The number of aliphatic hydroxyl groups is 1. The average molecular weight is 829 g/mol. The standard InChI is InChI=1S/C42H64N6O9S/c1-8-12-36(52)57-24-48(42(56)37(26(5)9-2)46-40(55)33-13-10-11-18-47(33)7)35(51)22-29(25(3)4)21-34(50)41-45-32(23-58-41)39(54)44-30(19-27(6)38(43)53)20-28-14-16-31(49)17-15-28/h14-17,23,25-27,29-30,33-34,37,49-50H,8-13,18-22,24H2,1-7H3,(H2,43,53)(H,44,54)(H,46,55)/t26?,27-,29-,30+,33+,34+,37-/m0/s1. The van der Waals surface area contributed by atoms with E-state index in [1.165, 1.54) is 17.5 Å². The van der Waals surface area contributed by atoms with Gasteiger partial charge in [0, 0.05) is 30.2 Å². The molecule has 1 fully saturated rings. The molecule has 1 aromatic carbocycles. The van der Waals surface area contributed by atoms with Gasteiger partial charge < -0.3 is 31.3 Å². The number of nitrogens with one attached hydrogen (secondary N) is 2. The van der Waals surface area contributed by atoms with Crippen LogP contribution in [0.1, 0.15) is 126 Å². The predicted octanol–water partition coefficient (Wildman–Crippen LogP) is 4.46. The van der Waals surface area contributed by atoms with Crippen LogP contribution in [0, 0.1) is 23.7 Å². The number of ether oxygens (including phenoxy) is 1. The number of nitrogens with two attached hydrogens (primary N) is 1. The number of thiazole rings is 1. The Kier molecular flexibility index (Phi) is 19.2. The van der Waals surface area contributed by atoms with Crippen LogP contribution in [0.3, 0.4) is 0 Å². The first-order valence-corrected chi connectivity index (χ1v) is 21.3. The maximum absolute atomic E-state index is 14.3. The molecule has 0 bridgehead atoms. The van der Waals surface area contributed by atoms with E-state index in [0.717, 1.165) is 41.2 Å². The number of benzene rings is 1. The van der Waals surface area contributed by atoms with E-state index in [2.05, 4.69) is 15.6 Å². The molecule has 1 unspecified atom stereocenters. The number of amides is 5. The van der Waals surface area contributed by atoms with Crippen LogP contribution >= 0.6 is 11.3 Å². The van der Waals surface area contributed by atoms with Gasteiger partial charge in [0.1, 0.15) is 28.6 Å². The predicted molar refractivity (Wildman–Crippen MR) is 220 cm³/mol. The monoisotopic (exact) mass is 828 g/mol. The number of phenolic OH excluding ortho intramolecular Hbond substituents is 1. The van der Waals surface area contributed by atoms with Crippen molar-refractivity contribution in [3.05, 3.63) is 45.9 Å². The van der Waals surface area contributed by atoms with Crippen molar-refractivity contribution < 1.29 is 43.7 Å². The van der Waals surface area contributed by atoms with Gasteiger partial charge >= 0.3 is 5.97 Å². The zero-order chi connectivity index (χ0) is 43.1. The molecule has 1 aliphatic rings. The number of imide groups is 1. The summed E-state index contributed by atoms with van der Waals surface area (Å²) in [5.74, 6) is -4.48. The minimum atomic E-state index is -1.15. The molecule has 3 rings (SSSR count). The van der Waals surface area contributed by atoms with Crippen LogP contribution in [0.15, 0.2) is 29.6 Å². The lowest BCUT2D eigenvalue weighted by Crippen LogP contribution is -2.58. The second-order valence-corrected chi connectivity index (χ2v) is 16.9. The highest BCUT2D eigenvalue weighted by Gasteiger charge is 2.37. The number of esters is 1. The molecular formula is C42H64N6O9S. The number of likely N-dealkylation sites (tertiary alicyclic amines) is 1. The Labute approximate surface area is 346 Å². The minimum absolute atomic E-state index is 0.0712. The molecule has 322 valence electrons. The Hall–Kier alpha value is -4.41. The van der Waals surface area contributed by atoms with Crippen LogP contribution in [-0.4, -0.2) is 99.0 Å². The fourth-order valence-electron chi connectivity index (χ4n) is 6.95. The summed E-state index contributed by atoms with van der Waals surface area (Å²) in [6.07, 6.45) is 3.08. The summed E-state index contributed by atoms with van der Waals surface area (Å²) in [6, 6.07) is 4.60. The molecule has 5 amide bonds. The number of aromatic nitrogens is 1. The van der Waals surface area contributed by atoms with Crippen molar-refractivity contribution in [2.75, 3.05) is 20.3 Å². The Morgan fingerprint density at radius 1 is 1.03 bits per heavy atom. The minimum Gasteiger partial charge on any atom is -0.508 e. The first kappa shape index (κ1) is 48.0. The Morgan fingerprint density at radius 3 is 2.33 bits per heavy atom. The maximum atomic E-state index is 14.3. The lowest BCUT2D eigenvalue weighted by atomic mass is 9.86. The number of hydrogen-bond donors (Lipinski definition) is 5. The number of aliphatic hydroxyl groups excluding tert-OH is 1. The van der Waals surface area contributed by atoms with Crippen molar-refractivity contribution >= 4 is 46.8 Å². The van der Waals surface area contributed by atoms with E-state index in [1.807, 2.05) is 46.6 Å². The van der Waals surface area contributed by atoms with Crippen molar-refractivity contribution in [3.63, 3.8) is 0 Å². The third-order valence-corrected chi connectivity index (χ3v) is 12.0. The molecule has 6 N–H and O–H groups in total. The SMILES string of the molecule is CCCC(=O)OCN(C(=O)C[C@H](C[C@@H](O)c1nc(C(=O)N[C@@H](Cc2ccc(O)cc2)C[C@H](C)C(N)=O)cs1)C(C)C)C(=O)[C@@H](NC(=O)[C@H]1CCCCN1C)C(C)CC. The molecule has 58 heavy (non-hydrogen) atoms. The number of nitrogens with zero attached hydrogens (tertiary/aromatic N) is 3. The third-order valence-electron chi connectivity index (χ3n) is 11.0. The number of primary amides is 1. The van der Waals surface area contributed by atoms with Crippen LogP contribution in [0.4, 0.5) is 0 Å². The van der Waals surface area contributed by atoms with Crippen LogP contribution < -0.4 is 16.4 Å². The van der Waals surface area contributed by atoms with Crippen molar-refractivity contribution in [1.29, 1.82) is 0 Å². The molecule has 1 saturated heterocycles. The number of piperidine rings is 1. The number of rotatable bonds is 22. The number of aromatic hydroxyl groups is 1. The van der Waals surface area contributed by atoms with Crippen LogP contribution in [0.5, 0.6) is 5.75 Å². The number of carbonyl (C=O) groups is 6. The fraction of sp³-hybridized carbons (Fsp3) is 0.643. The van der Waals surface area contributed by atoms with Crippen LogP contribution in [0.2, 0.25) is 0 Å². The summed E-state index contributed by atoms with van der Waals surface area (Å²) >= 11 is 1.09. The number of likely N-dealkylation sites (N-methyl/N-ethyl adjacent to an activating group) is 1. The van der Waals surface area contributed by atoms with Gasteiger partial charge in [-0.3, -0.25) is 33.7 Å². The molecule has 16 heteroatoms. The van der Waals surface area contributed by atoms with Gasteiger partial charge in [0.15, 0.2) is 6.73 Å². The fourth-order valence-corrected chi connectivity index (χ4v) is 7.74. The summed E-state index contributed by atoms with van der Waals surface area (Å²) < 4.78 is 5.40. The topological polar surface area (TPSA) is 222 Å². The van der Waals surface area contributed by atoms with Gasteiger partial charge in [-0.05, 0) is 87.6 Å². The van der Waals surface area contributed by atoms with Gasteiger partial charge in [-0.1, -0.05) is 66.5 Å². The van der Waals surface area contributed by atoms with Gasteiger partial charge in [0.05, 0.1) is 6.04 Å². The van der Waals surface area contributed by atoms with Gasteiger partial charge in [-0.15, -0.1) is 11.3 Å². The van der Waals surface area contributed by atoms with Crippen molar-refractivity contribution in [2.45, 2.75) is 130 Å². The van der Waals surface area contributed by atoms with Crippen molar-refractivity contribution in [3.8, 4) is 5.75 Å². The van der Waals surface area contributed by atoms with Gasteiger partial charge in [-0.25, -0.2) is 9.88 Å². The van der Waals surface area contributed by atoms with E-state index in [0.29, 0.717) is 25.7 Å². The van der Waals surface area contributed by atoms with E-state index >= 15 is 0 Å². The third kappa shape index (κ3) is 14.5. The highest BCUT2D eigenvalue weighted by molar-refractivity contribution is 7.09. The van der Waals surface area contributed by atoms with Crippen molar-refractivity contribution in [1.82, 2.24) is 25.4 Å². The molecule has 2 aromatic rings. The summed E-state index contributed by atoms with van der Waals surface area (Å²) in [7, 11) is 1.88. The van der Waals surface area contributed by atoms with E-state index < -0.39 is 72.4 Å². The highest BCUT2D eigenvalue weighted by atomic mass is 32.1.